The Morgan fingerprint density at radius 1 is 1.13 bits per heavy atom. The van der Waals surface area contributed by atoms with Crippen molar-refractivity contribution >= 4 is 18.4 Å². The average Bonchev–Trinajstić information content (AvgIpc) is 2.98. The third-order valence-electron chi connectivity index (χ3n) is 3.66. The lowest BCUT2D eigenvalue weighted by molar-refractivity contribution is 0.122. The first-order valence-corrected chi connectivity index (χ1v) is 7.63. The van der Waals surface area contributed by atoms with Gasteiger partial charge in [0.2, 0.25) is 5.95 Å². The van der Waals surface area contributed by atoms with E-state index in [1.807, 2.05) is 36.5 Å². The molecule has 0 aliphatic carbocycles. The third kappa shape index (κ3) is 5.16. The van der Waals surface area contributed by atoms with Gasteiger partial charge in [-0.05, 0) is 18.5 Å². The van der Waals surface area contributed by atoms with Crippen molar-refractivity contribution in [2.75, 3.05) is 37.7 Å². The Morgan fingerprint density at radius 2 is 1.87 bits per heavy atom. The van der Waals surface area contributed by atoms with Crippen LogP contribution in [0.2, 0.25) is 0 Å². The first-order valence-electron chi connectivity index (χ1n) is 7.63. The van der Waals surface area contributed by atoms with Gasteiger partial charge in [0.05, 0.1) is 19.4 Å². The lowest BCUT2D eigenvalue weighted by Crippen LogP contribution is -2.37. The highest BCUT2D eigenvalue weighted by atomic mass is 35.5. The zero-order chi connectivity index (χ0) is 15.2. The number of nitrogens with one attached hydrogen (secondary N) is 1. The highest BCUT2D eigenvalue weighted by Crippen LogP contribution is 2.09. The van der Waals surface area contributed by atoms with Gasteiger partial charge in [0.25, 0.3) is 0 Å². The van der Waals surface area contributed by atoms with Crippen molar-refractivity contribution < 1.29 is 4.74 Å². The van der Waals surface area contributed by atoms with Crippen LogP contribution in [0.1, 0.15) is 11.1 Å². The smallest absolute Gasteiger partial charge is 0.225 e. The molecule has 3 heterocycles. The molecule has 3 rings (SSSR count). The number of halogens is 1. The predicted molar refractivity (Wildman–Crippen MR) is 90.9 cm³/mol. The number of morpholine rings is 1. The largest absolute Gasteiger partial charge is 0.378 e. The van der Waals surface area contributed by atoms with Gasteiger partial charge in [0.1, 0.15) is 0 Å². The molecule has 0 bridgehead atoms. The molecule has 0 saturated carbocycles. The van der Waals surface area contributed by atoms with Crippen LogP contribution in [-0.4, -0.2) is 52.6 Å². The highest BCUT2D eigenvalue weighted by Gasteiger charge is 2.13. The molecule has 23 heavy (non-hydrogen) atoms. The second-order valence-corrected chi connectivity index (χ2v) is 5.44. The van der Waals surface area contributed by atoms with Gasteiger partial charge < -0.3 is 15.0 Å². The van der Waals surface area contributed by atoms with Crippen LogP contribution in [0.5, 0.6) is 0 Å². The minimum absolute atomic E-state index is 0. The number of rotatable bonds is 6. The van der Waals surface area contributed by atoms with Crippen LogP contribution >= 0.6 is 12.4 Å². The maximum Gasteiger partial charge on any atom is 0.225 e. The zero-order valence-electron chi connectivity index (χ0n) is 13.3. The monoisotopic (exact) mass is 338 g/mol. The summed E-state index contributed by atoms with van der Waals surface area (Å²) in [6, 6.07) is 0. The van der Waals surface area contributed by atoms with Crippen LogP contribution in [-0.2, 0) is 24.8 Å². The lowest BCUT2D eigenvalue weighted by atomic mass is 10.2. The van der Waals surface area contributed by atoms with Gasteiger partial charge in [-0.25, -0.2) is 9.97 Å². The summed E-state index contributed by atoms with van der Waals surface area (Å²) in [6.45, 7) is 4.92. The summed E-state index contributed by atoms with van der Waals surface area (Å²) >= 11 is 0. The summed E-state index contributed by atoms with van der Waals surface area (Å²) in [4.78, 5) is 11.1. The number of hydrogen-bond donors (Lipinski definition) is 1. The average molecular weight is 339 g/mol. The van der Waals surface area contributed by atoms with Gasteiger partial charge in [-0.2, -0.15) is 5.10 Å². The van der Waals surface area contributed by atoms with Gasteiger partial charge in [0.15, 0.2) is 0 Å². The van der Waals surface area contributed by atoms with Crippen LogP contribution in [0.15, 0.2) is 24.8 Å². The van der Waals surface area contributed by atoms with E-state index >= 15 is 0 Å². The Labute approximate surface area is 142 Å². The minimum Gasteiger partial charge on any atom is -0.378 e. The first kappa shape index (κ1) is 17.7. The van der Waals surface area contributed by atoms with E-state index in [2.05, 4.69) is 25.3 Å². The van der Waals surface area contributed by atoms with Crippen LogP contribution in [0, 0.1) is 0 Å². The molecule has 1 fully saturated rings. The summed E-state index contributed by atoms with van der Waals surface area (Å²) in [6.07, 6.45) is 8.72. The van der Waals surface area contributed by atoms with Crippen molar-refractivity contribution in [3.8, 4) is 0 Å². The van der Waals surface area contributed by atoms with E-state index in [-0.39, 0.29) is 12.4 Å². The van der Waals surface area contributed by atoms with Gasteiger partial charge in [-0.15, -0.1) is 12.4 Å². The number of ether oxygens (including phenoxy) is 1. The fourth-order valence-electron chi connectivity index (χ4n) is 2.43. The fraction of sp³-hybridized carbons (Fsp3) is 0.533. The van der Waals surface area contributed by atoms with E-state index in [0.29, 0.717) is 0 Å². The number of aryl methyl sites for hydroxylation is 1. The predicted octanol–water partition coefficient (Wildman–Crippen LogP) is 0.801. The summed E-state index contributed by atoms with van der Waals surface area (Å²) in [5.41, 5.74) is 2.34. The molecule has 7 nitrogen and oxygen atoms in total. The molecule has 1 aliphatic heterocycles. The van der Waals surface area contributed by atoms with E-state index in [0.717, 1.165) is 57.3 Å². The first-order chi connectivity index (χ1) is 10.8. The quantitative estimate of drug-likeness (QED) is 0.786. The standard InChI is InChI=1S/C15H22N6O.ClH/c1-20-12-13(11-19-20)2-3-16-8-14-9-17-15(18-10-14)21-4-6-22-7-5-21;/h9-12,16H,2-8H2,1H3;1H. The molecule has 1 saturated heterocycles. The molecule has 1 aliphatic rings. The summed E-state index contributed by atoms with van der Waals surface area (Å²) < 4.78 is 7.16. The van der Waals surface area contributed by atoms with E-state index in [1.165, 1.54) is 5.56 Å². The maximum absolute atomic E-state index is 5.34. The summed E-state index contributed by atoms with van der Waals surface area (Å²) in [5.74, 6) is 0.794. The van der Waals surface area contributed by atoms with Gasteiger partial charge in [0, 0.05) is 50.8 Å². The van der Waals surface area contributed by atoms with E-state index in [1.54, 1.807) is 0 Å². The number of hydrogen-bond acceptors (Lipinski definition) is 6. The molecule has 0 aromatic carbocycles. The van der Waals surface area contributed by atoms with E-state index in [9.17, 15) is 0 Å². The Balaban J connectivity index is 0.00000192. The topological polar surface area (TPSA) is 68.1 Å². The molecule has 0 amide bonds. The third-order valence-corrected chi connectivity index (χ3v) is 3.66. The van der Waals surface area contributed by atoms with Crippen molar-refractivity contribution in [3.63, 3.8) is 0 Å². The number of nitrogens with zero attached hydrogens (tertiary/aromatic N) is 5. The SMILES string of the molecule is Cl.Cn1cc(CCNCc2cnc(N3CCOCC3)nc2)cn1. The molecule has 2 aromatic rings. The zero-order valence-corrected chi connectivity index (χ0v) is 14.1. The van der Waals surface area contributed by atoms with Crippen LogP contribution in [0.4, 0.5) is 5.95 Å². The second kappa shape index (κ2) is 8.81. The van der Waals surface area contributed by atoms with Gasteiger partial charge in [-0.3, -0.25) is 4.68 Å². The van der Waals surface area contributed by atoms with Crippen molar-refractivity contribution in [2.24, 2.45) is 7.05 Å². The minimum atomic E-state index is 0. The fourth-order valence-corrected chi connectivity index (χ4v) is 2.43. The number of aromatic nitrogens is 4. The van der Waals surface area contributed by atoms with Crippen LogP contribution in [0.3, 0.4) is 0 Å². The highest BCUT2D eigenvalue weighted by molar-refractivity contribution is 5.85. The molecule has 0 radical (unpaired) electrons. The summed E-state index contributed by atoms with van der Waals surface area (Å²) in [7, 11) is 1.93. The molecule has 2 aromatic heterocycles. The Hall–Kier alpha value is -1.70. The Kier molecular flexibility index (Phi) is 6.76. The molecule has 126 valence electrons. The molecule has 0 spiro atoms. The van der Waals surface area contributed by atoms with Crippen molar-refractivity contribution in [1.82, 2.24) is 25.1 Å². The molecular weight excluding hydrogens is 316 g/mol. The maximum atomic E-state index is 5.34. The molecule has 1 N–H and O–H groups in total. The van der Waals surface area contributed by atoms with Crippen LogP contribution < -0.4 is 10.2 Å². The van der Waals surface area contributed by atoms with Gasteiger partial charge >= 0.3 is 0 Å². The lowest BCUT2D eigenvalue weighted by Gasteiger charge is -2.26. The normalized spacial score (nSPS) is 14.6. The van der Waals surface area contributed by atoms with Gasteiger partial charge in [-0.1, -0.05) is 0 Å². The van der Waals surface area contributed by atoms with Crippen molar-refractivity contribution in [1.29, 1.82) is 0 Å². The molecular formula is C15H23ClN6O. The second-order valence-electron chi connectivity index (χ2n) is 5.44. The van der Waals surface area contributed by atoms with Crippen molar-refractivity contribution in [2.45, 2.75) is 13.0 Å². The van der Waals surface area contributed by atoms with Crippen molar-refractivity contribution in [3.05, 3.63) is 35.9 Å². The van der Waals surface area contributed by atoms with E-state index < -0.39 is 0 Å². The molecule has 0 unspecified atom stereocenters. The summed E-state index contributed by atoms with van der Waals surface area (Å²) in [5, 5.41) is 7.57. The molecule has 0 atom stereocenters. The van der Waals surface area contributed by atoms with E-state index in [4.69, 9.17) is 4.74 Å². The van der Waals surface area contributed by atoms with Crippen LogP contribution in [0.25, 0.3) is 0 Å². The Morgan fingerprint density at radius 3 is 2.52 bits per heavy atom. The Bertz CT molecular complexity index is 582. The molecule has 8 heteroatoms. The number of anilines is 1.